The minimum absolute atomic E-state index is 0.196. The van der Waals surface area contributed by atoms with Gasteiger partial charge in [0.05, 0.1) is 18.1 Å². The molecule has 0 unspecified atom stereocenters. The zero-order chi connectivity index (χ0) is 22.6. The molecule has 0 saturated carbocycles. The summed E-state index contributed by atoms with van der Waals surface area (Å²) in [6, 6.07) is 18.0. The first-order chi connectivity index (χ1) is 15.4. The Hall–Kier alpha value is -3.52. The van der Waals surface area contributed by atoms with Gasteiger partial charge in [-0.05, 0) is 35.6 Å². The van der Waals surface area contributed by atoms with Gasteiger partial charge in [0.25, 0.3) is 0 Å². The molecular formula is C25H18N2. The van der Waals surface area contributed by atoms with E-state index in [4.69, 9.17) is 11.8 Å². The fourth-order valence-corrected chi connectivity index (χ4v) is 3.40. The van der Waals surface area contributed by atoms with Crippen LogP contribution < -0.4 is 0 Å². The largest absolute Gasteiger partial charge is 0.233 e. The van der Waals surface area contributed by atoms with Crippen LogP contribution in [0, 0.1) is 6.92 Å². The van der Waals surface area contributed by atoms with Gasteiger partial charge in [-0.15, -0.1) is 0 Å². The summed E-state index contributed by atoms with van der Waals surface area (Å²) >= 11 is 0. The minimum atomic E-state index is -0.392. The van der Waals surface area contributed by atoms with Gasteiger partial charge >= 0.3 is 0 Å². The molecule has 5 rings (SSSR count). The number of rotatable bonds is 2. The van der Waals surface area contributed by atoms with Crippen LogP contribution >= 0.6 is 0 Å². The van der Waals surface area contributed by atoms with Crippen LogP contribution in [-0.2, 0) is 0 Å². The zero-order valence-corrected chi connectivity index (χ0v) is 14.7. The predicted octanol–water partition coefficient (Wildman–Crippen LogP) is 6.43. The molecule has 5 aromatic rings. The third-order valence-corrected chi connectivity index (χ3v) is 4.63. The molecule has 0 atom stereocenters. The van der Waals surface area contributed by atoms with Crippen LogP contribution in [0.1, 0.15) is 12.7 Å². The number of fused-ring (bicyclic) bond motifs is 3. The first-order valence-electron chi connectivity index (χ1n) is 11.2. The molecule has 2 nitrogen and oxygen atoms in total. The van der Waals surface area contributed by atoms with Gasteiger partial charge in [-0.2, -0.15) is 0 Å². The SMILES string of the molecule is [2H]c1c([2H])c([2H])c(-c2ccc3c(ccc4c(-c5ccccc5)nc(C)nc43)c2)c([2H])c1[2H]. The number of hydrogen-bond donors (Lipinski definition) is 0. The van der Waals surface area contributed by atoms with E-state index < -0.39 is 6.04 Å². The van der Waals surface area contributed by atoms with Crippen molar-refractivity contribution in [1.29, 1.82) is 0 Å². The summed E-state index contributed by atoms with van der Waals surface area (Å²) in [5.74, 6) is 0.665. The van der Waals surface area contributed by atoms with Crippen molar-refractivity contribution in [2.75, 3.05) is 0 Å². The maximum absolute atomic E-state index is 8.27. The Morgan fingerprint density at radius 3 is 2.30 bits per heavy atom. The van der Waals surface area contributed by atoms with E-state index >= 15 is 0 Å². The first kappa shape index (κ1) is 11.2. The predicted molar refractivity (Wildman–Crippen MR) is 113 cm³/mol. The van der Waals surface area contributed by atoms with Gasteiger partial charge in [0.2, 0.25) is 0 Å². The second kappa shape index (κ2) is 6.33. The summed E-state index contributed by atoms with van der Waals surface area (Å²) < 4.78 is 40.3. The normalized spacial score (nSPS) is 13.7. The molecule has 128 valence electrons. The van der Waals surface area contributed by atoms with Crippen LogP contribution in [0.15, 0.2) is 90.9 Å². The fraction of sp³-hybridized carbons (Fsp3) is 0.0400. The average Bonchev–Trinajstić information content (AvgIpc) is 2.81. The highest BCUT2D eigenvalue weighted by Crippen LogP contribution is 2.33. The zero-order valence-electron chi connectivity index (χ0n) is 19.7. The molecular weight excluding hydrogens is 328 g/mol. The molecule has 4 aromatic carbocycles. The van der Waals surface area contributed by atoms with Crippen molar-refractivity contribution >= 4 is 21.7 Å². The van der Waals surface area contributed by atoms with Crippen LogP contribution in [0.5, 0.6) is 0 Å². The second-order valence-electron chi connectivity index (χ2n) is 6.38. The van der Waals surface area contributed by atoms with Crippen LogP contribution in [-0.4, -0.2) is 9.97 Å². The van der Waals surface area contributed by atoms with E-state index in [0.29, 0.717) is 11.4 Å². The van der Waals surface area contributed by atoms with Gasteiger partial charge in [-0.1, -0.05) is 78.7 Å². The standard InChI is InChI=1S/C25H18N2/c1-17-26-24(19-10-6-3-7-11-19)23-15-13-21-16-20(18-8-4-2-5-9-18)12-14-22(21)25(23)27-17/h2-16H,1H3/i2D,4D,5D,8D,9D. The Balaban J connectivity index is 1.77. The van der Waals surface area contributed by atoms with Crippen molar-refractivity contribution < 1.29 is 6.85 Å². The van der Waals surface area contributed by atoms with Crippen molar-refractivity contribution in [3.8, 4) is 22.4 Å². The maximum Gasteiger partial charge on any atom is 0.126 e. The average molecular weight is 351 g/mol. The molecule has 0 spiro atoms. The molecule has 0 aliphatic carbocycles. The lowest BCUT2D eigenvalue weighted by Crippen LogP contribution is -1.95. The molecule has 0 N–H and O–H groups in total. The maximum atomic E-state index is 8.27. The molecule has 0 aliphatic rings. The topological polar surface area (TPSA) is 25.8 Å². The number of hydrogen-bond acceptors (Lipinski definition) is 2. The van der Waals surface area contributed by atoms with Crippen LogP contribution in [0.25, 0.3) is 44.1 Å². The monoisotopic (exact) mass is 351 g/mol. The molecule has 1 aromatic heterocycles. The van der Waals surface area contributed by atoms with E-state index in [0.717, 1.165) is 32.9 Å². The van der Waals surface area contributed by atoms with Gasteiger partial charge in [-0.3, -0.25) is 0 Å². The molecule has 2 heteroatoms. The molecule has 0 amide bonds. The lowest BCUT2D eigenvalue weighted by Gasteiger charge is -2.11. The number of nitrogens with zero attached hydrogens (tertiary/aromatic N) is 2. The third kappa shape index (κ3) is 2.76. The van der Waals surface area contributed by atoms with Gasteiger partial charge in [0.1, 0.15) is 5.82 Å². The van der Waals surface area contributed by atoms with Crippen LogP contribution in [0.2, 0.25) is 0 Å². The van der Waals surface area contributed by atoms with Crippen LogP contribution in [0.3, 0.4) is 0 Å². The molecule has 1 heterocycles. The Kier molecular flexibility index (Phi) is 2.64. The summed E-state index contributed by atoms with van der Waals surface area (Å²) in [6.07, 6.45) is 0. The Labute approximate surface area is 165 Å². The molecule has 0 radical (unpaired) electrons. The third-order valence-electron chi connectivity index (χ3n) is 4.63. The van der Waals surface area contributed by atoms with E-state index in [2.05, 4.69) is 4.98 Å². The lowest BCUT2D eigenvalue weighted by atomic mass is 9.98. The van der Waals surface area contributed by atoms with Crippen molar-refractivity contribution in [2.24, 2.45) is 0 Å². The van der Waals surface area contributed by atoms with Crippen molar-refractivity contribution in [3.05, 3.63) is 96.7 Å². The summed E-state index contributed by atoms with van der Waals surface area (Å²) in [4.78, 5) is 9.37. The highest BCUT2D eigenvalue weighted by molar-refractivity contribution is 6.09. The van der Waals surface area contributed by atoms with Crippen molar-refractivity contribution in [2.45, 2.75) is 6.92 Å². The van der Waals surface area contributed by atoms with Crippen molar-refractivity contribution in [1.82, 2.24) is 9.97 Å². The number of aromatic nitrogens is 2. The summed E-state index contributed by atoms with van der Waals surface area (Å²) in [5, 5.41) is 2.73. The Morgan fingerprint density at radius 2 is 1.48 bits per heavy atom. The quantitative estimate of drug-likeness (QED) is 0.343. The Morgan fingerprint density at radius 1 is 0.704 bits per heavy atom. The summed E-state index contributed by atoms with van der Waals surface area (Å²) in [7, 11) is 0. The molecule has 0 saturated heterocycles. The molecule has 27 heavy (non-hydrogen) atoms. The molecule has 0 fully saturated rings. The second-order valence-corrected chi connectivity index (χ2v) is 6.38. The van der Waals surface area contributed by atoms with Crippen molar-refractivity contribution in [3.63, 3.8) is 0 Å². The van der Waals surface area contributed by atoms with Gasteiger partial charge in [-0.25, -0.2) is 9.97 Å². The summed E-state index contributed by atoms with van der Waals surface area (Å²) in [5.41, 5.74) is 3.47. The van der Waals surface area contributed by atoms with Gasteiger partial charge < -0.3 is 0 Å². The van der Waals surface area contributed by atoms with Crippen LogP contribution in [0.4, 0.5) is 0 Å². The minimum Gasteiger partial charge on any atom is -0.233 e. The molecule has 0 bridgehead atoms. The molecule has 0 aliphatic heterocycles. The lowest BCUT2D eigenvalue weighted by molar-refractivity contribution is 1.10. The highest BCUT2D eigenvalue weighted by atomic mass is 14.9. The van der Waals surface area contributed by atoms with E-state index in [9.17, 15) is 0 Å². The number of benzene rings is 4. The highest BCUT2D eigenvalue weighted by Gasteiger charge is 2.11. The van der Waals surface area contributed by atoms with Gasteiger partial charge in [0, 0.05) is 16.3 Å². The summed E-state index contributed by atoms with van der Waals surface area (Å²) in [6.45, 7) is 1.87. The van der Waals surface area contributed by atoms with E-state index in [-0.39, 0.29) is 29.7 Å². The van der Waals surface area contributed by atoms with Gasteiger partial charge in [0.15, 0.2) is 0 Å². The number of aryl methyl sites for hydroxylation is 1. The van der Waals surface area contributed by atoms with E-state index in [1.54, 1.807) is 6.07 Å². The fourth-order valence-electron chi connectivity index (χ4n) is 3.40. The first-order valence-corrected chi connectivity index (χ1v) is 8.70. The van der Waals surface area contributed by atoms with E-state index in [1.165, 1.54) is 0 Å². The Bertz CT molecular complexity index is 1500. The smallest absolute Gasteiger partial charge is 0.126 e. The van der Waals surface area contributed by atoms with E-state index in [1.807, 2.05) is 61.5 Å².